The number of anilines is 1. The zero-order chi connectivity index (χ0) is 13.9. The van der Waals surface area contributed by atoms with Crippen molar-refractivity contribution in [3.05, 3.63) is 47.4 Å². The van der Waals surface area contributed by atoms with Gasteiger partial charge in [-0.2, -0.15) is 0 Å². The van der Waals surface area contributed by atoms with Crippen molar-refractivity contribution >= 4 is 17.6 Å². The maximum Gasteiger partial charge on any atom is 0.141 e. The van der Waals surface area contributed by atoms with Crippen molar-refractivity contribution in [1.82, 2.24) is 9.97 Å². The molecular weight excluding hydrogens is 266 g/mol. The third kappa shape index (κ3) is 3.31. The van der Waals surface area contributed by atoms with Gasteiger partial charge >= 0.3 is 0 Å². The van der Waals surface area contributed by atoms with Gasteiger partial charge in [0.2, 0.25) is 0 Å². The smallest absolute Gasteiger partial charge is 0.141 e. The second kappa shape index (κ2) is 5.83. The van der Waals surface area contributed by atoms with Crippen molar-refractivity contribution in [3.63, 3.8) is 0 Å². The second-order valence-electron chi connectivity index (χ2n) is 5.22. The summed E-state index contributed by atoms with van der Waals surface area (Å²) in [6.07, 6.45) is 2.54. The number of aromatic nitrogens is 2. The lowest BCUT2D eigenvalue weighted by atomic mass is 10.2. The Hall–Kier alpha value is -1.55. The Balaban J connectivity index is 1.74. The molecule has 3 rings (SSSR count). The summed E-state index contributed by atoms with van der Waals surface area (Å²) in [7, 11) is 1.91. The molecule has 0 atom stereocenters. The molecule has 0 radical (unpaired) electrons. The zero-order valence-corrected chi connectivity index (χ0v) is 12.7. The quantitative estimate of drug-likeness (QED) is 0.843. The summed E-state index contributed by atoms with van der Waals surface area (Å²) >= 11 is 1.79. The minimum Gasteiger partial charge on any atom is -0.373 e. The first-order chi connectivity index (χ1) is 9.74. The molecule has 1 saturated carbocycles. The predicted molar refractivity (Wildman–Crippen MR) is 84.3 cm³/mol. The minimum atomic E-state index is 0.660. The first kappa shape index (κ1) is 13.4. The van der Waals surface area contributed by atoms with E-state index in [1.165, 1.54) is 29.0 Å². The van der Waals surface area contributed by atoms with Crippen LogP contribution < -0.4 is 5.32 Å². The van der Waals surface area contributed by atoms with Crippen LogP contribution in [0.3, 0.4) is 0 Å². The van der Waals surface area contributed by atoms with Gasteiger partial charge in [0, 0.05) is 29.6 Å². The number of aryl methyl sites for hydroxylation is 1. The lowest BCUT2D eigenvalue weighted by Crippen LogP contribution is -2.02. The van der Waals surface area contributed by atoms with Crippen molar-refractivity contribution in [2.45, 2.75) is 36.3 Å². The lowest BCUT2D eigenvalue weighted by Gasteiger charge is -2.07. The Morgan fingerprint density at radius 2 is 2.10 bits per heavy atom. The van der Waals surface area contributed by atoms with Crippen LogP contribution in [0.2, 0.25) is 0 Å². The highest BCUT2D eigenvalue weighted by atomic mass is 32.2. The van der Waals surface area contributed by atoms with Crippen molar-refractivity contribution in [2.24, 2.45) is 0 Å². The maximum absolute atomic E-state index is 4.71. The molecule has 4 heteroatoms. The number of rotatable bonds is 5. The molecule has 0 unspecified atom stereocenters. The van der Waals surface area contributed by atoms with Crippen LogP contribution in [0.4, 0.5) is 5.82 Å². The first-order valence-corrected chi connectivity index (χ1v) is 7.98. The molecule has 1 fully saturated rings. The summed E-state index contributed by atoms with van der Waals surface area (Å²) in [5, 5.41) is 3.14. The van der Waals surface area contributed by atoms with Gasteiger partial charge in [0.15, 0.2) is 0 Å². The van der Waals surface area contributed by atoms with Gasteiger partial charge in [-0.3, -0.25) is 0 Å². The molecule has 2 aromatic rings. The molecule has 1 N–H and O–H groups in total. The molecule has 104 valence electrons. The van der Waals surface area contributed by atoms with Crippen LogP contribution in [0.5, 0.6) is 0 Å². The van der Waals surface area contributed by atoms with E-state index in [4.69, 9.17) is 4.98 Å². The average molecular weight is 285 g/mol. The fourth-order valence-corrected chi connectivity index (χ4v) is 3.02. The van der Waals surface area contributed by atoms with Crippen molar-refractivity contribution in [1.29, 1.82) is 0 Å². The summed E-state index contributed by atoms with van der Waals surface area (Å²) < 4.78 is 0. The van der Waals surface area contributed by atoms with Crippen LogP contribution >= 0.6 is 11.8 Å². The third-order valence-electron chi connectivity index (χ3n) is 3.40. The van der Waals surface area contributed by atoms with Gasteiger partial charge in [-0.1, -0.05) is 17.7 Å². The number of thioether (sulfide) groups is 1. The van der Waals surface area contributed by atoms with Gasteiger partial charge in [-0.25, -0.2) is 9.97 Å². The normalized spacial score (nSPS) is 14.3. The number of hydrogen-bond donors (Lipinski definition) is 1. The van der Waals surface area contributed by atoms with Crippen LogP contribution in [-0.2, 0) is 5.75 Å². The van der Waals surface area contributed by atoms with E-state index in [0.717, 1.165) is 17.4 Å². The van der Waals surface area contributed by atoms with Crippen molar-refractivity contribution in [3.8, 4) is 0 Å². The number of hydrogen-bond acceptors (Lipinski definition) is 4. The van der Waals surface area contributed by atoms with Crippen LogP contribution in [0.1, 0.15) is 35.8 Å². The van der Waals surface area contributed by atoms with Gasteiger partial charge in [0.25, 0.3) is 0 Å². The van der Waals surface area contributed by atoms with Crippen LogP contribution in [0.25, 0.3) is 0 Å². The Morgan fingerprint density at radius 3 is 2.80 bits per heavy atom. The standard InChI is InChI=1S/C16H19N3S/c1-11-4-3-5-13(8-11)20-10-16-18-14(12-6-7-12)9-15(17-2)19-16/h3-5,8-9,12H,6-7,10H2,1-2H3,(H,17,18,19). The van der Waals surface area contributed by atoms with E-state index in [1.54, 1.807) is 11.8 Å². The summed E-state index contributed by atoms with van der Waals surface area (Å²) in [5.74, 6) is 3.33. The molecule has 1 aromatic heterocycles. The fraction of sp³-hybridized carbons (Fsp3) is 0.375. The molecule has 0 saturated heterocycles. The van der Waals surface area contributed by atoms with Gasteiger partial charge in [-0.15, -0.1) is 11.8 Å². The molecule has 1 aliphatic rings. The fourth-order valence-electron chi connectivity index (χ4n) is 2.15. The van der Waals surface area contributed by atoms with Crippen LogP contribution in [0, 0.1) is 6.92 Å². The predicted octanol–water partition coefficient (Wildman–Crippen LogP) is 4.00. The molecule has 0 spiro atoms. The highest BCUT2D eigenvalue weighted by molar-refractivity contribution is 7.98. The van der Waals surface area contributed by atoms with Gasteiger partial charge in [-0.05, 0) is 31.9 Å². The number of nitrogens with zero attached hydrogens (tertiary/aromatic N) is 2. The van der Waals surface area contributed by atoms with E-state index in [1.807, 2.05) is 7.05 Å². The lowest BCUT2D eigenvalue weighted by molar-refractivity contribution is 0.933. The third-order valence-corrected chi connectivity index (χ3v) is 4.39. The number of benzene rings is 1. The van der Waals surface area contributed by atoms with E-state index in [-0.39, 0.29) is 0 Å². The zero-order valence-electron chi connectivity index (χ0n) is 11.9. The van der Waals surface area contributed by atoms with E-state index in [9.17, 15) is 0 Å². The molecule has 3 nitrogen and oxygen atoms in total. The number of nitrogens with one attached hydrogen (secondary N) is 1. The first-order valence-electron chi connectivity index (χ1n) is 6.99. The maximum atomic E-state index is 4.71. The Bertz CT molecular complexity index is 608. The van der Waals surface area contributed by atoms with Crippen molar-refractivity contribution < 1.29 is 0 Å². The van der Waals surface area contributed by atoms with Gasteiger partial charge in [0.05, 0.1) is 5.75 Å². The second-order valence-corrected chi connectivity index (χ2v) is 6.27. The molecule has 0 aliphatic heterocycles. The Morgan fingerprint density at radius 1 is 1.25 bits per heavy atom. The summed E-state index contributed by atoms with van der Waals surface area (Å²) in [6, 6.07) is 10.6. The SMILES string of the molecule is CNc1cc(C2CC2)nc(CSc2cccc(C)c2)n1. The Labute approximate surface area is 124 Å². The molecule has 0 amide bonds. The van der Waals surface area contributed by atoms with Gasteiger partial charge < -0.3 is 5.32 Å². The van der Waals surface area contributed by atoms with Crippen LogP contribution in [-0.4, -0.2) is 17.0 Å². The molecular formula is C16H19N3S. The monoisotopic (exact) mass is 285 g/mol. The highest BCUT2D eigenvalue weighted by Gasteiger charge is 2.26. The topological polar surface area (TPSA) is 37.8 Å². The largest absolute Gasteiger partial charge is 0.373 e. The van der Waals surface area contributed by atoms with Gasteiger partial charge in [0.1, 0.15) is 11.6 Å². The summed E-state index contributed by atoms with van der Waals surface area (Å²) in [5.41, 5.74) is 2.49. The minimum absolute atomic E-state index is 0.660. The summed E-state index contributed by atoms with van der Waals surface area (Å²) in [6.45, 7) is 2.12. The van der Waals surface area contributed by atoms with E-state index in [0.29, 0.717) is 5.92 Å². The van der Waals surface area contributed by atoms with E-state index in [2.05, 4.69) is 47.6 Å². The highest BCUT2D eigenvalue weighted by Crippen LogP contribution is 2.39. The van der Waals surface area contributed by atoms with Crippen LogP contribution in [0.15, 0.2) is 35.2 Å². The van der Waals surface area contributed by atoms with E-state index < -0.39 is 0 Å². The van der Waals surface area contributed by atoms with E-state index >= 15 is 0 Å². The molecule has 0 bridgehead atoms. The Kier molecular flexibility index (Phi) is 3.92. The average Bonchev–Trinajstić information content (AvgIpc) is 3.29. The molecule has 20 heavy (non-hydrogen) atoms. The molecule has 1 aromatic carbocycles. The molecule has 1 aliphatic carbocycles. The molecule has 1 heterocycles. The van der Waals surface area contributed by atoms with Crippen molar-refractivity contribution in [2.75, 3.05) is 12.4 Å². The summed E-state index contributed by atoms with van der Waals surface area (Å²) in [4.78, 5) is 10.5.